The van der Waals surface area contributed by atoms with E-state index in [9.17, 15) is 0 Å². The number of aromatic nitrogens is 4. The molecule has 1 fully saturated rings. The van der Waals surface area contributed by atoms with Gasteiger partial charge in [0.1, 0.15) is 24.6 Å². The van der Waals surface area contributed by atoms with Crippen molar-refractivity contribution in [1.82, 2.24) is 19.7 Å². The molecule has 0 aliphatic carbocycles. The van der Waals surface area contributed by atoms with Crippen LogP contribution in [0.2, 0.25) is 0 Å². The number of pyridine rings is 1. The highest BCUT2D eigenvalue weighted by Gasteiger charge is 2.24. The summed E-state index contributed by atoms with van der Waals surface area (Å²) in [5.74, 6) is 0.819. The molecule has 0 radical (unpaired) electrons. The molecule has 14 heavy (non-hydrogen) atoms. The fraction of sp³-hybridized carbons (Fsp3) is 0.222. The number of hydrogen-bond donors (Lipinski definition) is 0. The van der Waals surface area contributed by atoms with Crippen molar-refractivity contribution in [3.63, 3.8) is 0 Å². The highest BCUT2D eigenvalue weighted by atomic mass is 16.6. The second-order valence-corrected chi connectivity index (χ2v) is 3.14. The van der Waals surface area contributed by atoms with Crippen molar-refractivity contribution in [1.29, 1.82) is 0 Å². The minimum atomic E-state index is 0.262. The first kappa shape index (κ1) is 7.64. The predicted molar refractivity (Wildman–Crippen MR) is 47.8 cm³/mol. The van der Waals surface area contributed by atoms with E-state index in [2.05, 4.69) is 15.2 Å². The van der Waals surface area contributed by atoms with Gasteiger partial charge in [-0.2, -0.15) is 0 Å². The highest BCUT2D eigenvalue weighted by molar-refractivity contribution is 5.27. The molecule has 0 bridgehead atoms. The van der Waals surface area contributed by atoms with Crippen LogP contribution in [0.4, 0.5) is 0 Å². The zero-order valence-corrected chi connectivity index (χ0v) is 7.37. The van der Waals surface area contributed by atoms with Crippen LogP contribution < -0.4 is 0 Å². The maximum atomic E-state index is 5.15. The van der Waals surface area contributed by atoms with E-state index < -0.39 is 0 Å². The molecule has 1 atom stereocenters. The Morgan fingerprint density at radius 1 is 1.29 bits per heavy atom. The zero-order chi connectivity index (χ0) is 9.38. The molecule has 0 aromatic carbocycles. The van der Waals surface area contributed by atoms with Crippen molar-refractivity contribution in [2.24, 2.45) is 0 Å². The molecular formula is C9H8N4O. The monoisotopic (exact) mass is 188 g/mol. The first-order chi connectivity index (χ1) is 6.93. The van der Waals surface area contributed by atoms with Crippen molar-refractivity contribution in [3.05, 3.63) is 36.5 Å². The topological polar surface area (TPSA) is 56.1 Å². The Kier molecular flexibility index (Phi) is 1.57. The summed E-state index contributed by atoms with van der Waals surface area (Å²) in [7, 11) is 0. The number of hydrogen-bond acceptors (Lipinski definition) is 4. The number of rotatable bonds is 2. The Morgan fingerprint density at radius 3 is 2.64 bits per heavy atom. The lowest BCUT2D eigenvalue weighted by Gasteiger charge is -2.00. The standard InChI is InChI=1S/C9H8N4O/c1-2-9(13-5-11-12-6-13)10-3-7(1)8-4-14-8/h1-3,5-6,8H,4H2. The molecule has 0 amide bonds. The Morgan fingerprint density at radius 2 is 2.07 bits per heavy atom. The summed E-state index contributed by atoms with van der Waals surface area (Å²) in [5, 5.41) is 7.43. The summed E-state index contributed by atoms with van der Waals surface area (Å²) in [6.07, 6.45) is 5.33. The van der Waals surface area contributed by atoms with Gasteiger partial charge in [0.25, 0.3) is 0 Å². The zero-order valence-electron chi connectivity index (χ0n) is 7.37. The Bertz CT molecular complexity index is 419. The fourth-order valence-corrected chi connectivity index (χ4v) is 1.30. The molecule has 0 N–H and O–H groups in total. The summed E-state index contributed by atoms with van der Waals surface area (Å²) in [5.41, 5.74) is 1.13. The van der Waals surface area contributed by atoms with Gasteiger partial charge in [0, 0.05) is 11.8 Å². The van der Waals surface area contributed by atoms with E-state index in [0.717, 1.165) is 18.0 Å². The van der Waals surface area contributed by atoms with Gasteiger partial charge in [0.05, 0.1) is 6.61 Å². The van der Waals surface area contributed by atoms with E-state index in [4.69, 9.17) is 4.74 Å². The lowest BCUT2D eigenvalue weighted by molar-refractivity contribution is 0.415. The van der Waals surface area contributed by atoms with Gasteiger partial charge >= 0.3 is 0 Å². The second kappa shape index (κ2) is 2.88. The van der Waals surface area contributed by atoms with Gasteiger partial charge in [-0.1, -0.05) is 6.07 Å². The summed E-state index contributed by atoms with van der Waals surface area (Å²) in [4.78, 5) is 4.29. The van der Waals surface area contributed by atoms with Crippen LogP contribution in [-0.4, -0.2) is 26.4 Å². The minimum absolute atomic E-state index is 0.262. The molecule has 2 aromatic rings. The van der Waals surface area contributed by atoms with E-state index in [-0.39, 0.29) is 6.10 Å². The Labute approximate surface area is 80.4 Å². The van der Waals surface area contributed by atoms with Gasteiger partial charge in [0.15, 0.2) is 0 Å². The molecular weight excluding hydrogens is 180 g/mol. The van der Waals surface area contributed by atoms with Gasteiger partial charge in [-0.15, -0.1) is 10.2 Å². The quantitative estimate of drug-likeness (QED) is 0.652. The van der Waals surface area contributed by atoms with Gasteiger partial charge in [-0.25, -0.2) is 4.98 Å². The molecule has 1 aliphatic heterocycles. The third kappa shape index (κ3) is 1.27. The smallest absolute Gasteiger partial charge is 0.139 e. The molecule has 1 unspecified atom stereocenters. The number of ether oxygens (including phenoxy) is 1. The maximum Gasteiger partial charge on any atom is 0.139 e. The molecule has 5 heteroatoms. The van der Waals surface area contributed by atoms with Crippen molar-refractivity contribution < 1.29 is 4.74 Å². The van der Waals surface area contributed by atoms with Crippen LogP contribution in [0.1, 0.15) is 11.7 Å². The van der Waals surface area contributed by atoms with Gasteiger partial charge < -0.3 is 4.74 Å². The SMILES string of the molecule is c1cc(-n2cnnc2)ncc1C1CO1. The van der Waals surface area contributed by atoms with E-state index in [1.54, 1.807) is 17.2 Å². The Hall–Kier alpha value is -1.75. The average molecular weight is 188 g/mol. The molecule has 1 saturated heterocycles. The van der Waals surface area contributed by atoms with E-state index in [1.807, 2.05) is 18.3 Å². The Balaban J connectivity index is 1.93. The van der Waals surface area contributed by atoms with Crippen LogP contribution in [0, 0.1) is 0 Å². The predicted octanol–water partition coefficient (Wildman–Crippen LogP) is 0.734. The summed E-state index contributed by atoms with van der Waals surface area (Å²) >= 11 is 0. The molecule has 1 aliphatic rings. The number of epoxide rings is 1. The van der Waals surface area contributed by atoms with Crippen molar-refractivity contribution >= 4 is 0 Å². The molecule has 3 rings (SSSR count). The lowest BCUT2D eigenvalue weighted by atomic mass is 10.2. The van der Waals surface area contributed by atoms with Gasteiger partial charge in [0.2, 0.25) is 0 Å². The normalized spacial score (nSPS) is 19.6. The third-order valence-corrected chi connectivity index (χ3v) is 2.16. The molecule has 5 nitrogen and oxygen atoms in total. The number of nitrogens with zero attached hydrogens (tertiary/aromatic N) is 4. The fourth-order valence-electron chi connectivity index (χ4n) is 1.30. The second-order valence-electron chi connectivity index (χ2n) is 3.14. The molecule has 0 saturated carbocycles. The van der Waals surface area contributed by atoms with Gasteiger partial charge in [-0.05, 0) is 6.07 Å². The summed E-state index contributed by atoms with van der Waals surface area (Å²) < 4.78 is 6.92. The van der Waals surface area contributed by atoms with Crippen LogP contribution in [0.15, 0.2) is 31.0 Å². The van der Waals surface area contributed by atoms with Crippen LogP contribution in [-0.2, 0) is 4.74 Å². The molecule has 3 heterocycles. The van der Waals surface area contributed by atoms with Crippen LogP contribution in [0.5, 0.6) is 0 Å². The lowest BCUT2D eigenvalue weighted by Crippen LogP contribution is -1.94. The summed E-state index contributed by atoms with van der Waals surface area (Å²) in [6.45, 7) is 0.813. The van der Waals surface area contributed by atoms with Crippen LogP contribution >= 0.6 is 0 Å². The third-order valence-electron chi connectivity index (χ3n) is 2.16. The highest BCUT2D eigenvalue weighted by Crippen LogP contribution is 2.28. The van der Waals surface area contributed by atoms with Crippen LogP contribution in [0.3, 0.4) is 0 Å². The minimum Gasteiger partial charge on any atom is -0.368 e. The first-order valence-electron chi connectivity index (χ1n) is 4.36. The van der Waals surface area contributed by atoms with E-state index >= 15 is 0 Å². The van der Waals surface area contributed by atoms with Crippen molar-refractivity contribution in [2.75, 3.05) is 6.61 Å². The van der Waals surface area contributed by atoms with E-state index in [0.29, 0.717) is 0 Å². The van der Waals surface area contributed by atoms with E-state index in [1.165, 1.54) is 0 Å². The largest absolute Gasteiger partial charge is 0.368 e. The molecule has 2 aromatic heterocycles. The van der Waals surface area contributed by atoms with Crippen molar-refractivity contribution in [3.8, 4) is 5.82 Å². The first-order valence-corrected chi connectivity index (χ1v) is 4.36. The summed E-state index contributed by atoms with van der Waals surface area (Å²) in [6, 6.07) is 3.94. The molecule has 0 spiro atoms. The average Bonchev–Trinajstić information content (AvgIpc) is 2.94. The van der Waals surface area contributed by atoms with Gasteiger partial charge in [-0.3, -0.25) is 4.57 Å². The van der Waals surface area contributed by atoms with Crippen molar-refractivity contribution in [2.45, 2.75) is 6.10 Å². The van der Waals surface area contributed by atoms with Crippen LogP contribution in [0.25, 0.3) is 5.82 Å². The molecule has 70 valence electrons. The maximum absolute atomic E-state index is 5.15.